The highest BCUT2D eigenvalue weighted by Crippen LogP contribution is 2.36. The number of benzene rings is 1. The Morgan fingerprint density at radius 1 is 1.62 bits per heavy atom. The van der Waals surface area contributed by atoms with Gasteiger partial charge in [0.15, 0.2) is 0 Å². The van der Waals surface area contributed by atoms with Gasteiger partial charge >= 0.3 is 5.97 Å². The van der Waals surface area contributed by atoms with Crippen LogP contribution < -0.4 is 11.1 Å². The van der Waals surface area contributed by atoms with Crippen molar-refractivity contribution in [2.45, 2.75) is 18.4 Å². The molecule has 1 heterocycles. The van der Waals surface area contributed by atoms with Gasteiger partial charge in [-0.15, -0.1) is 0 Å². The van der Waals surface area contributed by atoms with Crippen LogP contribution in [-0.4, -0.2) is 28.8 Å². The first-order valence-electron chi connectivity index (χ1n) is 5.13. The average molecular weight is 222 g/mol. The summed E-state index contributed by atoms with van der Waals surface area (Å²) < 4.78 is 0. The van der Waals surface area contributed by atoms with Crippen LogP contribution in [0.25, 0.3) is 0 Å². The van der Waals surface area contributed by atoms with Crippen molar-refractivity contribution < 1.29 is 15.0 Å². The predicted molar refractivity (Wildman–Crippen MR) is 59.6 cm³/mol. The van der Waals surface area contributed by atoms with Gasteiger partial charge in [-0.1, -0.05) is 0 Å². The third kappa shape index (κ3) is 1.94. The second-order valence-electron chi connectivity index (χ2n) is 4.03. The third-order valence-corrected chi connectivity index (χ3v) is 2.87. The molecular weight excluding hydrogens is 208 g/mol. The molecule has 0 spiro atoms. The SMILES string of the molecule is N[C@H](C[C@@H]1CNc2ccc(O)cc21)C(=O)O. The topological polar surface area (TPSA) is 95.6 Å². The zero-order valence-electron chi connectivity index (χ0n) is 8.68. The van der Waals surface area contributed by atoms with Crippen LogP contribution >= 0.6 is 0 Å². The fourth-order valence-corrected chi connectivity index (χ4v) is 2.01. The van der Waals surface area contributed by atoms with E-state index >= 15 is 0 Å². The number of nitrogens with two attached hydrogens (primary N) is 1. The maximum Gasteiger partial charge on any atom is 0.320 e. The molecule has 5 heteroatoms. The number of carbonyl (C=O) groups is 1. The number of rotatable bonds is 3. The van der Waals surface area contributed by atoms with Crippen molar-refractivity contribution in [1.82, 2.24) is 0 Å². The van der Waals surface area contributed by atoms with Gasteiger partial charge in [0.05, 0.1) is 0 Å². The molecule has 0 bridgehead atoms. The Balaban J connectivity index is 2.17. The summed E-state index contributed by atoms with van der Waals surface area (Å²) in [5.74, 6) is -0.752. The Labute approximate surface area is 92.9 Å². The number of nitrogens with one attached hydrogen (secondary N) is 1. The molecule has 0 fully saturated rings. The summed E-state index contributed by atoms with van der Waals surface area (Å²) in [6.45, 7) is 0.666. The number of hydrogen-bond donors (Lipinski definition) is 4. The highest BCUT2D eigenvalue weighted by molar-refractivity contribution is 5.73. The fraction of sp³-hybridized carbons (Fsp3) is 0.364. The van der Waals surface area contributed by atoms with Crippen LogP contribution in [0, 0.1) is 0 Å². The number of fused-ring (bicyclic) bond motifs is 1. The number of carboxylic acid groups (broad SMARTS) is 1. The summed E-state index contributed by atoms with van der Waals surface area (Å²) in [5, 5.41) is 21.3. The van der Waals surface area contributed by atoms with Gasteiger partial charge in [-0.2, -0.15) is 0 Å². The van der Waals surface area contributed by atoms with Crippen LogP contribution in [-0.2, 0) is 4.79 Å². The number of anilines is 1. The average Bonchev–Trinajstić information content (AvgIpc) is 2.61. The standard InChI is InChI=1S/C11H14N2O3/c12-9(11(15)16)3-6-5-13-10-2-1-7(14)4-8(6)10/h1-2,4,6,9,13-14H,3,5,12H2,(H,15,16)/t6-,9-/m1/s1. The molecule has 5 nitrogen and oxygen atoms in total. The first kappa shape index (κ1) is 10.8. The van der Waals surface area contributed by atoms with Crippen LogP contribution in [0.2, 0.25) is 0 Å². The molecule has 0 radical (unpaired) electrons. The number of aliphatic carboxylic acids is 1. The second-order valence-corrected chi connectivity index (χ2v) is 4.03. The second kappa shape index (κ2) is 4.02. The molecule has 0 amide bonds. The van der Waals surface area contributed by atoms with Gasteiger partial charge in [0.25, 0.3) is 0 Å². The number of hydrogen-bond acceptors (Lipinski definition) is 4. The molecule has 0 saturated heterocycles. The lowest BCUT2D eigenvalue weighted by Gasteiger charge is -2.13. The van der Waals surface area contributed by atoms with Crippen molar-refractivity contribution in [1.29, 1.82) is 0 Å². The lowest BCUT2D eigenvalue weighted by Crippen LogP contribution is -2.32. The fourth-order valence-electron chi connectivity index (χ4n) is 2.01. The normalized spacial score (nSPS) is 19.9. The van der Waals surface area contributed by atoms with Crippen molar-refractivity contribution in [2.24, 2.45) is 5.73 Å². The molecule has 0 aliphatic carbocycles. The van der Waals surface area contributed by atoms with E-state index in [1.165, 1.54) is 0 Å². The molecule has 0 unspecified atom stereocenters. The van der Waals surface area contributed by atoms with Gasteiger partial charge < -0.3 is 21.3 Å². The van der Waals surface area contributed by atoms with Crippen LogP contribution in [0.5, 0.6) is 5.75 Å². The van der Waals surface area contributed by atoms with E-state index in [0.717, 1.165) is 11.3 Å². The van der Waals surface area contributed by atoms with Crippen LogP contribution in [0.15, 0.2) is 18.2 Å². The smallest absolute Gasteiger partial charge is 0.320 e. The Bertz CT molecular complexity index is 420. The predicted octanol–water partition coefficient (Wildman–Crippen LogP) is 0.703. The molecule has 1 aliphatic rings. The van der Waals surface area contributed by atoms with Gasteiger partial charge in [0.1, 0.15) is 11.8 Å². The Morgan fingerprint density at radius 3 is 3.06 bits per heavy atom. The van der Waals surface area contributed by atoms with Gasteiger partial charge in [-0.3, -0.25) is 4.79 Å². The zero-order valence-corrected chi connectivity index (χ0v) is 8.68. The maximum absolute atomic E-state index is 10.7. The van der Waals surface area contributed by atoms with E-state index in [-0.39, 0.29) is 11.7 Å². The monoisotopic (exact) mass is 222 g/mol. The van der Waals surface area contributed by atoms with Crippen molar-refractivity contribution in [3.63, 3.8) is 0 Å². The molecule has 2 rings (SSSR count). The molecule has 1 aromatic carbocycles. The van der Waals surface area contributed by atoms with E-state index < -0.39 is 12.0 Å². The number of phenolic OH excluding ortho intramolecular Hbond substituents is 1. The minimum Gasteiger partial charge on any atom is -0.508 e. The summed E-state index contributed by atoms with van der Waals surface area (Å²) in [6.07, 6.45) is 0.374. The van der Waals surface area contributed by atoms with Gasteiger partial charge in [-0.25, -0.2) is 0 Å². The molecule has 1 aromatic rings. The molecule has 0 saturated carbocycles. The van der Waals surface area contributed by atoms with E-state index in [9.17, 15) is 9.90 Å². The Morgan fingerprint density at radius 2 is 2.38 bits per heavy atom. The van der Waals surface area contributed by atoms with E-state index in [2.05, 4.69) is 5.32 Å². The number of phenols is 1. The van der Waals surface area contributed by atoms with Gasteiger partial charge in [-0.05, 0) is 30.2 Å². The molecule has 2 atom stereocenters. The molecule has 5 N–H and O–H groups in total. The van der Waals surface area contributed by atoms with Crippen molar-refractivity contribution >= 4 is 11.7 Å². The number of aromatic hydroxyl groups is 1. The molecule has 16 heavy (non-hydrogen) atoms. The summed E-state index contributed by atoms with van der Waals surface area (Å²) in [6, 6.07) is 4.19. The quantitative estimate of drug-likeness (QED) is 0.565. The summed E-state index contributed by atoms with van der Waals surface area (Å²) in [5.41, 5.74) is 7.39. The Hall–Kier alpha value is -1.75. The maximum atomic E-state index is 10.7. The van der Waals surface area contributed by atoms with E-state index in [1.54, 1.807) is 18.2 Å². The first-order valence-corrected chi connectivity index (χ1v) is 5.13. The minimum absolute atomic E-state index is 0.0493. The minimum atomic E-state index is -0.992. The largest absolute Gasteiger partial charge is 0.508 e. The molecular formula is C11H14N2O3. The van der Waals surface area contributed by atoms with E-state index in [4.69, 9.17) is 10.8 Å². The van der Waals surface area contributed by atoms with E-state index in [1.807, 2.05) is 0 Å². The lowest BCUT2D eigenvalue weighted by atomic mass is 9.94. The highest BCUT2D eigenvalue weighted by Gasteiger charge is 2.26. The summed E-state index contributed by atoms with van der Waals surface area (Å²) in [7, 11) is 0. The van der Waals surface area contributed by atoms with Crippen molar-refractivity contribution in [2.75, 3.05) is 11.9 Å². The van der Waals surface area contributed by atoms with Gasteiger partial charge in [0, 0.05) is 18.2 Å². The molecule has 86 valence electrons. The summed E-state index contributed by atoms with van der Waals surface area (Å²) in [4.78, 5) is 10.7. The first-order chi connectivity index (χ1) is 7.58. The number of carboxylic acids is 1. The Kier molecular flexibility index (Phi) is 2.70. The van der Waals surface area contributed by atoms with Gasteiger partial charge in [0.2, 0.25) is 0 Å². The summed E-state index contributed by atoms with van der Waals surface area (Å²) >= 11 is 0. The van der Waals surface area contributed by atoms with Crippen LogP contribution in [0.3, 0.4) is 0 Å². The zero-order chi connectivity index (χ0) is 11.7. The van der Waals surface area contributed by atoms with Crippen LogP contribution in [0.4, 0.5) is 5.69 Å². The molecule has 1 aliphatic heterocycles. The van der Waals surface area contributed by atoms with E-state index in [0.29, 0.717) is 13.0 Å². The molecule has 0 aromatic heterocycles. The highest BCUT2D eigenvalue weighted by atomic mass is 16.4. The van der Waals surface area contributed by atoms with Crippen molar-refractivity contribution in [3.8, 4) is 5.75 Å². The lowest BCUT2D eigenvalue weighted by molar-refractivity contribution is -0.138. The third-order valence-electron chi connectivity index (χ3n) is 2.87. The van der Waals surface area contributed by atoms with Crippen LogP contribution in [0.1, 0.15) is 17.9 Å². The van der Waals surface area contributed by atoms with Crippen molar-refractivity contribution in [3.05, 3.63) is 23.8 Å².